The maximum absolute atomic E-state index is 11.4. The Morgan fingerprint density at radius 2 is 1.94 bits per heavy atom. The van der Waals surface area contributed by atoms with Crippen molar-refractivity contribution in [3.05, 3.63) is 0 Å². The molecular weight excluding hydrogens is 204 g/mol. The maximum Gasteiger partial charge on any atom is 0.407 e. The predicted molar refractivity (Wildman–Crippen MR) is 59.8 cm³/mol. The van der Waals surface area contributed by atoms with Crippen LogP contribution >= 0.6 is 0 Å². The highest BCUT2D eigenvalue weighted by Gasteiger charge is 2.55. The Balaban J connectivity index is 1.80. The van der Waals surface area contributed by atoms with E-state index < -0.39 is 0 Å². The molecule has 4 rings (SSSR count). The highest BCUT2D eigenvalue weighted by Crippen LogP contribution is 2.55. The van der Waals surface area contributed by atoms with E-state index in [2.05, 4.69) is 5.32 Å². The highest BCUT2D eigenvalue weighted by molar-refractivity contribution is 5.68. The van der Waals surface area contributed by atoms with E-state index in [1.807, 2.05) is 0 Å². The van der Waals surface area contributed by atoms with Gasteiger partial charge in [-0.05, 0) is 49.9 Å². The van der Waals surface area contributed by atoms with Crippen LogP contribution in [0.3, 0.4) is 0 Å². The molecule has 4 nitrogen and oxygen atoms in total. The van der Waals surface area contributed by atoms with Crippen molar-refractivity contribution < 1.29 is 9.53 Å². The van der Waals surface area contributed by atoms with Gasteiger partial charge >= 0.3 is 6.09 Å². The van der Waals surface area contributed by atoms with Crippen molar-refractivity contribution in [3.8, 4) is 0 Å². The Morgan fingerprint density at radius 3 is 2.50 bits per heavy atom. The van der Waals surface area contributed by atoms with Crippen LogP contribution < -0.4 is 11.1 Å². The molecule has 0 aliphatic heterocycles. The van der Waals surface area contributed by atoms with Gasteiger partial charge in [-0.3, -0.25) is 0 Å². The van der Waals surface area contributed by atoms with Crippen molar-refractivity contribution in [1.29, 1.82) is 0 Å². The van der Waals surface area contributed by atoms with Gasteiger partial charge in [-0.2, -0.15) is 0 Å². The van der Waals surface area contributed by atoms with Crippen LogP contribution in [0.25, 0.3) is 0 Å². The van der Waals surface area contributed by atoms with Gasteiger partial charge in [0.1, 0.15) is 0 Å². The molecule has 4 heteroatoms. The molecule has 4 aliphatic carbocycles. The molecule has 0 radical (unpaired) electrons. The number of rotatable bonds is 1. The lowest BCUT2D eigenvalue weighted by atomic mass is 9.51. The molecule has 4 bridgehead atoms. The van der Waals surface area contributed by atoms with Crippen LogP contribution in [-0.4, -0.2) is 24.8 Å². The summed E-state index contributed by atoms with van der Waals surface area (Å²) >= 11 is 0. The number of hydrogen-bond acceptors (Lipinski definition) is 3. The minimum atomic E-state index is -0.282. The molecule has 90 valence electrons. The van der Waals surface area contributed by atoms with Crippen LogP contribution in [0.2, 0.25) is 0 Å². The second kappa shape index (κ2) is 3.36. The topological polar surface area (TPSA) is 64.3 Å². The third kappa shape index (κ3) is 1.43. The van der Waals surface area contributed by atoms with Gasteiger partial charge in [0.05, 0.1) is 7.11 Å². The summed E-state index contributed by atoms with van der Waals surface area (Å²) in [6, 6.07) is 0.365. The van der Waals surface area contributed by atoms with Crippen LogP contribution in [-0.2, 0) is 4.74 Å². The fraction of sp³-hybridized carbons (Fsp3) is 0.917. The second-order valence-electron chi connectivity index (χ2n) is 5.94. The lowest BCUT2D eigenvalue weighted by molar-refractivity contribution is -0.0333. The Labute approximate surface area is 95.9 Å². The summed E-state index contributed by atoms with van der Waals surface area (Å²) in [7, 11) is 1.43. The zero-order chi connectivity index (χ0) is 11.3. The molecule has 1 amide bonds. The largest absolute Gasteiger partial charge is 0.453 e. The van der Waals surface area contributed by atoms with Gasteiger partial charge in [-0.1, -0.05) is 0 Å². The fourth-order valence-electron chi connectivity index (χ4n) is 4.48. The van der Waals surface area contributed by atoms with E-state index in [9.17, 15) is 4.79 Å². The van der Waals surface area contributed by atoms with Crippen LogP contribution in [0, 0.1) is 17.8 Å². The number of methoxy groups -OCH3 is 1. The normalized spacial score (nSPS) is 49.1. The zero-order valence-corrected chi connectivity index (χ0v) is 9.74. The number of nitrogens with one attached hydrogen (secondary N) is 1. The van der Waals surface area contributed by atoms with Gasteiger partial charge in [0.2, 0.25) is 0 Å². The number of amides is 1. The molecule has 4 aliphatic rings. The summed E-state index contributed by atoms with van der Waals surface area (Å²) in [5, 5.41) is 3.08. The summed E-state index contributed by atoms with van der Waals surface area (Å²) in [6.45, 7) is 0. The number of alkyl carbamates (subject to hydrolysis) is 1. The van der Waals surface area contributed by atoms with Crippen LogP contribution in [0.4, 0.5) is 4.79 Å². The lowest BCUT2D eigenvalue weighted by Crippen LogP contribution is -2.65. The van der Waals surface area contributed by atoms with Crippen molar-refractivity contribution in [1.82, 2.24) is 5.32 Å². The number of ether oxygens (including phenoxy) is 1. The molecule has 0 heterocycles. The monoisotopic (exact) mass is 224 g/mol. The average Bonchev–Trinajstić information content (AvgIpc) is 2.24. The molecule has 0 spiro atoms. The standard InChI is InChI=1S/C12H20N2O2/c1-16-11(15)14-12-4-7-2-8(5-12)10(13)9(3-7)6-12/h7-10H,2-6,13H2,1H3,(H,14,15). The Hall–Kier alpha value is -0.770. The summed E-state index contributed by atoms with van der Waals surface area (Å²) in [6.07, 6.45) is 5.48. The first-order valence-electron chi connectivity index (χ1n) is 6.23. The molecule has 3 N–H and O–H groups in total. The van der Waals surface area contributed by atoms with E-state index in [1.165, 1.54) is 20.0 Å². The van der Waals surface area contributed by atoms with E-state index in [0.717, 1.165) is 25.2 Å². The molecule has 2 unspecified atom stereocenters. The SMILES string of the molecule is COC(=O)NC12CC3CC(C1)C(N)C(C3)C2. The minimum absolute atomic E-state index is 0.000532. The van der Waals surface area contributed by atoms with Gasteiger partial charge in [0, 0.05) is 11.6 Å². The van der Waals surface area contributed by atoms with Crippen LogP contribution in [0.5, 0.6) is 0 Å². The molecule has 0 aromatic rings. The molecule has 2 atom stereocenters. The molecule has 0 aromatic carbocycles. The van der Waals surface area contributed by atoms with Gasteiger partial charge in [-0.15, -0.1) is 0 Å². The smallest absolute Gasteiger partial charge is 0.407 e. The Kier molecular flexibility index (Phi) is 2.18. The summed E-state index contributed by atoms with van der Waals surface area (Å²) in [4.78, 5) is 11.4. The van der Waals surface area contributed by atoms with Crippen LogP contribution in [0.15, 0.2) is 0 Å². The van der Waals surface area contributed by atoms with Crippen molar-refractivity contribution in [2.24, 2.45) is 23.5 Å². The minimum Gasteiger partial charge on any atom is -0.453 e. The summed E-state index contributed by atoms with van der Waals surface area (Å²) in [5.74, 6) is 2.00. The lowest BCUT2D eigenvalue weighted by Gasteiger charge is -2.59. The maximum atomic E-state index is 11.4. The fourth-order valence-corrected chi connectivity index (χ4v) is 4.48. The number of hydrogen-bond donors (Lipinski definition) is 2. The van der Waals surface area contributed by atoms with E-state index in [-0.39, 0.29) is 11.6 Å². The Bertz CT molecular complexity index is 302. The predicted octanol–water partition coefficient (Wildman–Crippen LogP) is 1.25. The van der Waals surface area contributed by atoms with Crippen molar-refractivity contribution in [2.45, 2.75) is 43.7 Å². The van der Waals surface area contributed by atoms with E-state index in [4.69, 9.17) is 10.5 Å². The first-order valence-corrected chi connectivity index (χ1v) is 6.23. The first kappa shape index (κ1) is 10.4. The number of carbonyl (C=O) groups is 1. The molecule has 16 heavy (non-hydrogen) atoms. The number of nitrogens with two attached hydrogens (primary N) is 1. The first-order chi connectivity index (χ1) is 7.62. The van der Waals surface area contributed by atoms with Crippen molar-refractivity contribution in [2.75, 3.05) is 7.11 Å². The molecular formula is C12H20N2O2. The molecule has 4 saturated carbocycles. The van der Waals surface area contributed by atoms with Crippen molar-refractivity contribution in [3.63, 3.8) is 0 Å². The van der Waals surface area contributed by atoms with Crippen molar-refractivity contribution >= 4 is 6.09 Å². The van der Waals surface area contributed by atoms with E-state index in [0.29, 0.717) is 17.9 Å². The number of carbonyl (C=O) groups excluding carboxylic acids is 1. The molecule has 0 saturated heterocycles. The van der Waals surface area contributed by atoms with Gasteiger partial charge in [0.25, 0.3) is 0 Å². The van der Waals surface area contributed by atoms with Gasteiger partial charge < -0.3 is 15.8 Å². The second-order valence-corrected chi connectivity index (χ2v) is 5.94. The van der Waals surface area contributed by atoms with Crippen LogP contribution in [0.1, 0.15) is 32.1 Å². The molecule has 4 fully saturated rings. The summed E-state index contributed by atoms with van der Waals surface area (Å²) in [5.41, 5.74) is 6.24. The zero-order valence-electron chi connectivity index (χ0n) is 9.74. The summed E-state index contributed by atoms with van der Waals surface area (Å²) < 4.78 is 4.73. The van der Waals surface area contributed by atoms with E-state index in [1.54, 1.807) is 0 Å². The van der Waals surface area contributed by atoms with Gasteiger partial charge in [-0.25, -0.2) is 4.79 Å². The average molecular weight is 224 g/mol. The third-order valence-electron chi connectivity index (χ3n) is 4.90. The Morgan fingerprint density at radius 1 is 1.31 bits per heavy atom. The third-order valence-corrected chi connectivity index (χ3v) is 4.90. The quantitative estimate of drug-likeness (QED) is 0.704. The van der Waals surface area contributed by atoms with E-state index >= 15 is 0 Å². The molecule has 0 aromatic heterocycles. The van der Waals surface area contributed by atoms with Gasteiger partial charge in [0.15, 0.2) is 0 Å². The highest BCUT2D eigenvalue weighted by atomic mass is 16.5.